The lowest BCUT2D eigenvalue weighted by Crippen LogP contribution is -1.99. The number of nitrogens with zero attached hydrogens (tertiary/aromatic N) is 1. The van der Waals surface area contributed by atoms with Gasteiger partial charge in [-0.25, -0.2) is 4.79 Å². The van der Waals surface area contributed by atoms with Gasteiger partial charge in [-0.3, -0.25) is 10.1 Å². The molecule has 1 heterocycles. The van der Waals surface area contributed by atoms with Gasteiger partial charge >= 0.3 is 11.7 Å². The molecule has 0 fully saturated rings. The molecule has 21 heavy (non-hydrogen) atoms. The molecule has 0 aliphatic carbocycles. The molecule has 0 bridgehead atoms. The van der Waals surface area contributed by atoms with Gasteiger partial charge in [0.05, 0.1) is 11.5 Å². The second-order valence-electron chi connectivity index (χ2n) is 3.85. The van der Waals surface area contributed by atoms with Crippen molar-refractivity contribution in [2.45, 2.75) is 6.92 Å². The van der Waals surface area contributed by atoms with E-state index in [9.17, 15) is 14.9 Å². The molecule has 0 saturated carbocycles. The number of rotatable bonds is 6. The Bertz CT molecular complexity index is 681. The number of hydrogen-bond acceptors (Lipinski definition) is 6. The zero-order valence-electron chi connectivity index (χ0n) is 10.9. The normalized spacial score (nSPS) is 10.1. The first kappa shape index (κ1) is 14.8. The monoisotopic (exact) mass is 309 g/mol. The number of thiophene rings is 1. The molecule has 0 aliphatic heterocycles. The molecule has 1 N–H and O–H groups in total. The average Bonchev–Trinajstić information content (AvgIpc) is 2.87. The Morgan fingerprint density at radius 1 is 1.43 bits per heavy atom. The summed E-state index contributed by atoms with van der Waals surface area (Å²) >= 11 is 0.980. The maximum absolute atomic E-state index is 11.2. The number of carboxylic acid groups (broad SMARTS) is 1. The first-order chi connectivity index (χ1) is 10.0. The first-order valence-electron chi connectivity index (χ1n) is 5.92. The third kappa shape index (κ3) is 3.29. The van der Waals surface area contributed by atoms with Crippen molar-refractivity contribution in [2.24, 2.45) is 0 Å². The number of nitro benzene ring substituents is 1. The van der Waals surface area contributed by atoms with Crippen LogP contribution >= 0.6 is 11.3 Å². The van der Waals surface area contributed by atoms with Crippen LogP contribution < -0.4 is 9.47 Å². The van der Waals surface area contributed by atoms with E-state index in [1.165, 1.54) is 23.6 Å². The fourth-order valence-corrected chi connectivity index (χ4v) is 2.29. The van der Waals surface area contributed by atoms with Gasteiger partial charge in [-0.2, -0.15) is 0 Å². The number of carbonyl (C=O) groups is 1. The number of benzene rings is 1. The fraction of sp³-hybridized carbons (Fsp3) is 0.154. The molecule has 8 heteroatoms. The van der Waals surface area contributed by atoms with E-state index in [-0.39, 0.29) is 34.4 Å². The number of ether oxygens (including phenoxy) is 2. The van der Waals surface area contributed by atoms with Gasteiger partial charge in [0.15, 0.2) is 0 Å². The van der Waals surface area contributed by atoms with Gasteiger partial charge < -0.3 is 14.6 Å². The molecule has 0 spiro atoms. The quantitative estimate of drug-likeness (QED) is 0.647. The van der Waals surface area contributed by atoms with Crippen molar-refractivity contribution in [3.8, 4) is 17.2 Å². The summed E-state index contributed by atoms with van der Waals surface area (Å²) in [5.41, 5.74) is -0.289. The zero-order chi connectivity index (χ0) is 15.4. The van der Waals surface area contributed by atoms with Crippen LogP contribution in [-0.4, -0.2) is 22.6 Å². The van der Waals surface area contributed by atoms with E-state index in [1.54, 1.807) is 13.0 Å². The Labute approximate surface area is 123 Å². The van der Waals surface area contributed by atoms with Crippen molar-refractivity contribution >= 4 is 23.0 Å². The molecular formula is C13H11NO6S. The number of hydrogen-bond donors (Lipinski definition) is 1. The van der Waals surface area contributed by atoms with Crippen molar-refractivity contribution in [3.05, 3.63) is 44.6 Å². The minimum Gasteiger partial charge on any atom is -0.487 e. The molecule has 110 valence electrons. The van der Waals surface area contributed by atoms with Crippen molar-refractivity contribution in [2.75, 3.05) is 6.61 Å². The van der Waals surface area contributed by atoms with Gasteiger partial charge in [-0.15, -0.1) is 11.3 Å². The third-order valence-corrected chi connectivity index (χ3v) is 3.35. The summed E-state index contributed by atoms with van der Waals surface area (Å²) in [6, 6.07) is 5.78. The van der Waals surface area contributed by atoms with Crippen LogP contribution in [0.2, 0.25) is 0 Å². The lowest BCUT2D eigenvalue weighted by molar-refractivity contribution is -0.386. The van der Waals surface area contributed by atoms with Crippen LogP contribution in [0.15, 0.2) is 29.6 Å². The van der Waals surface area contributed by atoms with Gasteiger partial charge in [0.1, 0.15) is 10.6 Å². The molecule has 0 aliphatic rings. The van der Waals surface area contributed by atoms with Crippen molar-refractivity contribution < 1.29 is 24.3 Å². The van der Waals surface area contributed by atoms with E-state index < -0.39 is 10.9 Å². The second kappa shape index (κ2) is 6.23. The van der Waals surface area contributed by atoms with E-state index in [1.807, 2.05) is 0 Å². The van der Waals surface area contributed by atoms with E-state index in [4.69, 9.17) is 14.6 Å². The average molecular weight is 309 g/mol. The maximum Gasteiger partial charge on any atom is 0.352 e. The van der Waals surface area contributed by atoms with Crippen LogP contribution in [0.1, 0.15) is 16.6 Å². The molecular weight excluding hydrogens is 298 g/mol. The molecule has 2 rings (SSSR count). The van der Waals surface area contributed by atoms with Crippen LogP contribution in [0.4, 0.5) is 5.69 Å². The highest BCUT2D eigenvalue weighted by atomic mass is 32.1. The summed E-state index contributed by atoms with van der Waals surface area (Å²) in [5.74, 6) is -0.740. The summed E-state index contributed by atoms with van der Waals surface area (Å²) in [4.78, 5) is 21.5. The molecule has 0 unspecified atom stereocenters. The van der Waals surface area contributed by atoms with Crippen molar-refractivity contribution in [1.82, 2.24) is 0 Å². The molecule has 2 aromatic rings. The molecule has 0 radical (unpaired) electrons. The number of aromatic carboxylic acids is 1. The molecule has 7 nitrogen and oxygen atoms in total. The summed E-state index contributed by atoms with van der Waals surface area (Å²) in [6.07, 6.45) is 0. The number of para-hydroxylation sites is 1. The fourth-order valence-electron chi connectivity index (χ4n) is 1.65. The van der Waals surface area contributed by atoms with Crippen LogP contribution in [0.3, 0.4) is 0 Å². The number of nitro groups is 1. The first-order valence-corrected chi connectivity index (χ1v) is 6.80. The summed E-state index contributed by atoms with van der Waals surface area (Å²) < 4.78 is 10.6. The Morgan fingerprint density at radius 3 is 2.71 bits per heavy atom. The van der Waals surface area contributed by atoms with E-state index in [0.29, 0.717) is 0 Å². The standard InChI is InChI=1S/C13H11NO6S/c1-2-19-9-4-3-5-10(12(9)14(17)18)20-8-6-11(13(15)16)21-7-8/h3-7H,2H2,1H3,(H,15,16). The van der Waals surface area contributed by atoms with Crippen LogP contribution in [0.25, 0.3) is 0 Å². The van der Waals surface area contributed by atoms with Crippen LogP contribution in [-0.2, 0) is 0 Å². The Morgan fingerprint density at radius 2 is 2.14 bits per heavy atom. The van der Waals surface area contributed by atoms with Crippen molar-refractivity contribution in [1.29, 1.82) is 0 Å². The maximum atomic E-state index is 11.2. The van der Waals surface area contributed by atoms with Gasteiger partial charge in [0.2, 0.25) is 11.5 Å². The third-order valence-electron chi connectivity index (χ3n) is 2.46. The summed E-state index contributed by atoms with van der Waals surface area (Å²) in [5, 5.41) is 21.5. The molecule has 0 atom stereocenters. The van der Waals surface area contributed by atoms with Gasteiger partial charge in [-0.1, -0.05) is 6.07 Å². The van der Waals surface area contributed by atoms with Gasteiger partial charge in [0, 0.05) is 11.4 Å². The minimum atomic E-state index is -1.08. The largest absolute Gasteiger partial charge is 0.487 e. The summed E-state index contributed by atoms with van der Waals surface area (Å²) in [7, 11) is 0. The Hall–Kier alpha value is -2.61. The predicted molar refractivity (Wildman–Crippen MR) is 75.6 cm³/mol. The van der Waals surface area contributed by atoms with Crippen molar-refractivity contribution in [3.63, 3.8) is 0 Å². The molecule has 0 amide bonds. The lowest BCUT2D eigenvalue weighted by Gasteiger charge is -2.08. The lowest BCUT2D eigenvalue weighted by atomic mass is 10.2. The van der Waals surface area contributed by atoms with Gasteiger partial charge in [0.25, 0.3) is 0 Å². The second-order valence-corrected chi connectivity index (χ2v) is 4.76. The highest BCUT2D eigenvalue weighted by Crippen LogP contribution is 2.39. The Kier molecular flexibility index (Phi) is 4.39. The SMILES string of the molecule is CCOc1cccc(Oc2csc(C(=O)O)c2)c1[N+](=O)[O-]. The summed E-state index contributed by atoms with van der Waals surface area (Å²) in [6.45, 7) is 2.00. The molecule has 0 saturated heterocycles. The highest BCUT2D eigenvalue weighted by Gasteiger charge is 2.23. The van der Waals surface area contributed by atoms with Crippen LogP contribution in [0.5, 0.6) is 17.2 Å². The van der Waals surface area contributed by atoms with E-state index >= 15 is 0 Å². The predicted octanol–water partition coefficient (Wildman–Crippen LogP) is 3.55. The van der Waals surface area contributed by atoms with Crippen LogP contribution in [0, 0.1) is 10.1 Å². The molecule has 1 aromatic carbocycles. The number of carboxylic acids is 1. The minimum absolute atomic E-state index is 0.000638. The smallest absolute Gasteiger partial charge is 0.352 e. The molecule has 1 aromatic heterocycles. The Balaban J connectivity index is 2.36. The van der Waals surface area contributed by atoms with Gasteiger partial charge in [-0.05, 0) is 19.1 Å². The zero-order valence-corrected chi connectivity index (χ0v) is 11.8. The highest BCUT2D eigenvalue weighted by molar-refractivity contribution is 7.12. The van der Waals surface area contributed by atoms with E-state index in [2.05, 4.69) is 0 Å². The topological polar surface area (TPSA) is 98.9 Å². The van der Waals surface area contributed by atoms with E-state index in [0.717, 1.165) is 11.3 Å².